The number of benzene rings is 3. The summed E-state index contributed by atoms with van der Waals surface area (Å²) in [5.41, 5.74) is 5.71. The highest BCUT2D eigenvalue weighted by Crippen LogP contribution is 2.29. The van der Waals surface area contributed by atoms with Gasteiger partial charge in [0.1, 0.15) is 6.04 Å². The fourth-order valence-corrected chi connectivity index (χ4v) is 6.73. The minimum atomic E-state index is -5.08. The second-order valence-electron chi connectivity index (χ2n) is 14.3. The molecule has 0 radical (unpaired) electrons. The van der Waals surface area contributed by atoms with Gasteiger partial charge < -0.3 is 36.4 Å². The monoisotopic (exact) mass is 837 g/mol. The molecule has 1 heterocycles. The summed E-state index contributed by atoms with van der Waals surface area (Å²) >= 11 is 0. The predicted octanol–water partition coefficient (Wildman–Crippen LogP) is 5.29. The number of aryl methyl sites for hydroxylation is 1. The number of H-pyrrole nitrogens is 1. The van der Waals surface area contributed by atoms with Crippen molar-refractivity contribution in [2.24, 2.45) is 11.8 Å². The average molecular weight is 838 g/mol. The third-order valence-corrected chi connectivity index (χ3v) is 10.2. The second kappa shape index (κ2) is 22.1. The largest absolute Gasteiger partial charge is 0.490 e. The summed E-state index contributed by atoms with van der Waals surface area (Å²) in [6.07, 6.45) is -3.17. The Hall–Kier alpha value is -6.37. The number of nitrogens with one attached hydrogen (secondary N) is 5. The number of halogens is 3. The van der Waals surface area contributed by atoms with Crippen LogP contribution in [0.5, 0.6) is 0 Å². The Balaban J connectivity index is 0.00000104. The molecular formula is C41H50F3N9O7. The van der Waals surface area contributed by atoms with E-state index in [-0.39, 0.29) is 36.0 Å². The van der Waals surface area contributed by atoms with Gasteiger partial charge in [-0.2, -0.15) is 18.4 Å². The Kier molecular flexibility index (Phi) is 17.1. The van der Waals surface area contributed by atoms with Gasteiger partial charge in [0.15, 0.2) is 0 Å². The fourth-order valence-electron chi connectivity index (χ4n) is 6.73. The predicted molar refractivity (Wildman–Crippen MR) is 216 cm³/mol. The smallest absolute Gasteiger partial charge is 0.475 e. The normalized spacial score (nSPS) is 15.5. The lowest BCUT2D eigenvalue weighted by Crippen LogP contribution is -2.48. The quantitative estimate of drug-likeness (QED) is 0.0767. The number of carboxylic acids is 1. The Morgan fingerprint density at radius 1 is 0.883 bits per heavy atom. The van der Waals surface area contributed by atoms with Gasteiger partial charge >= 0.3 is 18.2 Å². The van der Waals surface area contributed by atoms with Crippen molar-refractivity contribution >= 4 is 35.5 Å². The molecule has 3 aromatic carbocycles. The molecule has 60 heavy (non-hydrogen) atoms. The lowest BCUT2D eigenvalue weighted by atomic mass is 9.81. The maximum Gasteiger partial charge on any atom is 0.490 e. The van der Waals surface area contributed by atoms with Crippen LogP contribution in [0.3, 0.4) is 0 Å². The van der Waals surface area contributed by atoms with Crippen molar-refractivity contribution in [3.8, 4) is 22.5 Å². The van der Waals surface area contributed by atoms with Gasteiger partial charge in [0.25, 0.3) is 5.91 Å². The van der Waals surface area contributed by atoms with E-state index in [4.69, 9.17) is 15.0 Å². The SMILES string of the molecule is CCN(CC)CCNC(=O)c1ccc(-c2ccc(C[C@H](NC(=O)[C@H]3CC[C@H](CNC(=O)O)CC3)C(=O)Nc3ccc(-c4nn[nH]n4)cc3)cc2)c(C)c1.O=C(O)C(F)(F)F. The number of nitrogens with zero attached hydrogens (tertiary/aromatic N) is 4. The molecule has 5 rings (SSSR count). The van der Waals surface area contributed by atoms with Gasteiger partial charge in [-0.25, -0.2) is 9.59 Å². The molecular weight excluding hydrogens is 788 g/mol. The number of carboxylic acid groups (broad SMARTS) is 2. The van der Waals surface area contributed by atoms with Crippen molar-refractivity contribution in [2.75, 3.05) is 38.0 Å². The highest BCUT2D eigenvalue weighted by molar-refractivity contribution is 5.98. The maximum absolute atomic E-state index is 13.7. The van der Waals surface area contributed by atoms with Crippen molar-refractivity contribution in [3.05, 3.63) is 83.4 Å². The van der Waals surface area contributed by atoms with E-state index in [1.807, 2.05) is 49.4 Å². The van der Waals surface area contributed by atoms with Crippen LogP contribution in [0.2, 0.25) is 0 Å². The lowest BCUT2D eigenvalue weighted by molar-refractivity contribution is -0.192. The van der Waals surface area contributed by atoms with E-state index in [0.717, 1.165) is 60.3 Å². The van der Waals surface area contributed by atoms with Crippen LogP contribution in [0.1, 0.15) is 61.0 Å². The zero-order chi connectivity index (χ0) is 43.8. The summed E-state index contributed by atoms with van der Waals surface area (Å²) < 4.78 is 31.7. The minimum absolute atomic E-state index is 0.0975. The number of aromatic amines is 1. The van der Waals surface area contributed by atoms with Gasteiger partial charge in [0.05, 0.1) is 0 Å². The van der Waals surface area contributed by atoms with Gasteiger partial charge in [0.2, 0.25) is 17.6 Å². The summed E-state index contributed by atoms with van der Waals surface area (Å²) in [6, 6.07) is 19.8. The number of aromatic nitrogens is 4. The van der Waals surface area contributed by atoms with Crippen LogP contribution >= 0.6 is 0 Å². The molecule has 1 aromatic heterocycles. The molecule has 1 aliphatic carbocycles. The number of hydrogen-bond acceptors (Lipinski definition) is 9. The second-order valence-corrected chi connectivity index (χ2v) is 14.3. The number of hydrogen-bond donors (Lipinski definition) is 7. The van der Waals surface area contributed by atoms with Crippen molar-refractivity contribution in [3.63, 3.8) is 0 Å². The van der Waals surface area contributed by atoms with Gasteiger partial charge in [0, 0.05) is 48.8 Å². The van der Waals surface area contributed by atoms with Gasteiger partial charge in [-0.15, -0.1) is 10.2 Å². The third kappa shape index (κ3) is 14.2. The Bertz CT molecular complexity index is 2040. The van der Waals surface area contributed by atoms with Crippen molar-refractivity contribution in [2.45, 2.75) is 65.1 Å². The zero-order valence-electron chi connectivity index (χ0n) is 33.5. The summed E-state index contributed by atoms with van der Waals surface area (Å²) in [5, 5.41) is 41.5. The first-order valence-corrected chi connectivity index (χ1v) is 19.5. The first kappa shape index (κ1) is 46.3. The van der Waals surface area contributed by atoms with Gasteiger partial charge in [-0.05, 0) is 115 Å². The van der Waals surface area contributed by atoms with Crippen LogP contribution in [-0.2, 0) is 20.8 Å². The number of carbonyl (C=O) groups excluding carboxylic acids is 3. The molecule has 0 saturated heterocycles. The molecule has 0 bridgehead atoms. The molecule has 0 unspecified atom stereocenters. The highest BCUT2D eigenvalue weighted by Gasteiger charge is 2.38. The topological polar surface area (TPSA) is 232 Å². The van der Waals surface area contributed by atoms with E-state index < -0.39 is 24.3 Å². The van der Waals surface area contributed by atoms with Crippen LogP contribution < -0.4 is 21.3 Å². The molecule has 16 nitrogen and oxygen atoms in total. The van der Waals surface area contributed by atoms with Gasteiger partial charge in [-0.1, -0.05) is 44.2 Å². The molecule has 7 N–H and O–H groups in total. The lowest BCUT2D eigenvalue weighted by Gasteiger charge is -2.29. The molecule has 1 aliphatic rings. The van der Waals surface area contributed by atoms with E-state index in [1.54, 1.807) is 24.3 Å². The molecule has 1 saturated carbocycles. The van der Waals surface area contributed by atoms with Crippen molar-refractivity contribution < 1.29 is 47.4 Å². The maximum atomic E-state index is 13.7. The number of rotatable bonds is 16. The molecule has 19 heteroatoms. The van der Waals surface area contributed by atoms with E-state index in [0.29, 0.717) is 43.0 Å². The van der Waals surface area contributed by atoms with Crippen LogP contribution in [0.25, 0.3) is 22.5 Å². The highest BCUT2D eigenvalue weighted by atomic mass is 19.4. The molecule has 4 aromatic rings. The van der Waals surface area contributed by atoms with Crippen LogP contribution in [0, 0.1) is 18.8 Å². The summed E-state index contributed by atoms with van der Waals surface area (Å²) in [5.74, 6) is -3.04. The Morgan fingerprint density at radius 3 is 2.07 bits per heavy atom. The first-order valence-electron chi connectivity index (χ1n) is 19.5. The number of likely N-dealkylation sites (N-methyl/N-ethyl adjacent to an activating group) is 1. The molecule has 0 aliphatic heterocycles. The van der Waals surface area contributed by atoms with Crippen LogP contribution in [0.15, 0.2) is 66.7 Å². The van der Waals surface area contributed by atoms with Gasteiger partial charge in [-0.3, -0.25) is 14.4 Å². The number of tetrazole rings is 1. The molecule has 0 spiro atoms. The number of aliphatic carboxylic acids is 1. The van der Waals surface area contributed by atoms with E-state index in [2.05, 4.69) is 60.6 Å². The number of alkyl halides is 3. The number of amides is 4. The zero-order valence-corrected chi connectivity index (χ0v) is 33.5. The van der Waals surface area contributed by atoms with E-state index >= 15 is 0 Å². The molecule has 4 amide bonds. The molecule has 322 valence electrons. The van der Waals surface area contributed by atoms with E-state index in [9.17, 15) is 32.3 Å². The van der Waals surface area contributed by atoms with Crippen molar-refractivity contribution in [1.82, 2.24) is 41.5 Å². The Morgan fingerprint density at radius 2 is 1.52 bits per heavy atom. The summed E-state index contributed by atoms with van der Waals surface area (Å²) in [4.78, 5) is 62.1. The third-order valence-electron chi connectivity index (χ3n) is 10.2. The Labute approximate surface area is 344 Å². The van der Waals surface area contributed by atoms with Crippen LogP contribution in [0.4, 0.5) is 23.7 Å². The average Bonchev–Trinajstić information content (AvgIpc) is 3.77. The molecule has 1 fully saturated rings. The van der Waals surface area contributed by atoms with Crippen molar-refractivity contribution in [1.29, 1.82) is 0 Å². The summed E-state index contributed by atoms with van der Waals surface area (Å²) in [6.45, 7) is 9.84. The van der Waals surface area contributed by atoms with Crippen LogP contribution in [-0.4, -0.2) is 110 Å². The standard InChI is InChI=1S/C39H49N9O5.C2HF3O2/c1-4-48(5-2)21-20-40-36(49)31-16-19-33(25(3)22-31)28-10-6-26(7-11-28)23-34(43-37(50)30-12-8-27(9-13-30)24-41-39(52)53)38(51)42-32-17-14-29(15-18-32)35-44-46-47-45-35;3-2(4,5)1(6)7/h6-7,10-11,14-19,22,27,30,34,41H,4-5,8-9,12-13,20-21,23-24H2,1-3H3,(H,40,49)(H,42,51)(H,43,50)(H,52,53)(H,44,45,46,47);(H,6,7)/t27-,30-,34-;/m0./s1. The number of anilines is 1. The summed E-state index contributed by atoms with van der Waals surface area (Å²) in [7, 11) is 0. The first-order chi connectivity index (χ1) is 28.6. The van der Waals surface area contributed by atoms with E-state index in [1.165, 1.54) is 0 Å². The minimum Gasteiger partial charge on any atom is -0.475 e. The molecule has 1 atom stereocenters. The fraction of sp³-hybridized carbons (Fsp3) is 0.415. The number of carbonyl (C=O) groups is 5.